The molecule has 154 valence electrons. The molecule has 0 aliphatic carbocycles. The third kappa shape index (κ3) is 4.36. The van der Waals surface area contributed by atoms with E-state index in [0.717, 1.165) is 45.3 Å². The normalized spacial score (nSPS) is 14.6. The fourth-order valence-corrected chi connectivity index (χ4v) is 4.90. The lowest BCUT2D eigenvalue weighted by atomic mass is 10.1. The minimum atomic E-state index is 0.681. The molecule has 4 heterocycles. The van der Waals surface area contributed by atoms with Crippen molar-refractivity contribution in [3.8, 4) is 16.3 Å². The molecule has 1 saturated heterocycles. The van der Waals surface area contributed by atoms with Gasteiger partial charge in [0.1, 0.15) is 12.4 Å². The van der Waals surface area contributed by atoms with E-state index in [1.165, 1.54) is 31.5 Å². The number of likely N-dealkylation sites (tertiary alicyclic amines) is 1. The van der Waals surface area contributed by atoms with Gasteiger partial charge in [-0.05, 0) is 67.9 Å². The first-order valence-electron chi connectivity index (χ1n) is 10.3. The van der Waals surface area contributed by atoms with E-state index in [9.17, 15) is 0 Å². The maximum atomic E-state index is 6.11. The number of nitrogens with zero attached hydrogens (tertiary/aromatic N) is 4. The number of pyridine rings is 1. The molecule has 5 nitrogen and oxygen atoms in total. The number of hydrogen-bond acceptors (Lipinski definition) is 5. The van der Waals surface area contributed by atoms with Gasteiger partial charge in [0.2, 0.25) is 0 Å². The van der Waals surface area contributed by atoms with Crippen LogP contribution in [0.25, 0.3) is 16.2 Å². The van der Waals surface area contributed by atoms with Crippen molar-refractivity contribution in [1.82, 2.24) is 19.5 Å². The summed E-state index contributed by atoms with van der Waals surface area (Å²) in [6, 6.07) is 18.2. The number of fused-ring (bicyclic) bond motifs is 1. The minimum absolute atomic E-state index is 0.681. The Morgan fingerprint density at radius 1 is 1.00 bits per heavy atom. The fourth-order valence-electron chi connectivity index (χ4n) is 3.85. The van der Waals surface area contributed by atoms with E-state index in [-0.39, 0.29) is 0 Å². The Morgan fingerprint density at radius 3 is 2.60 bits per heavy atom. The number of halogens is 1. The van der Waals surface area contributed by atoms with Crippen LogP contribution in [0.5, 0.6) is 5.75 Å². The first-order chi connectivity index (χ1) is 14.7. The van der Waals surface area contributed by atoms with Crippen molar-refractivity contribution >= 4 is 28.6 Å². The Hall–Kier alpha value is -2.41. The van der Waals surface area contributed by atoms with Gasteiger partial charge in [-0.1, -0.05) is 29.8 Å². The summed E-state index contributed by atoms with van der Waals surface area (Å²) in [5.74, 6) is 1.71. The average Bonchev–Trinajstić information content (AvgIpc) is 3.50. The molecule has 30 heavy (non-hydrogen) atoms. The van der Waals surface area contributed by atoms with Crippen LogP contribution in [-0.4, -0.2) is 45.7 Å². The third-order valence-corrected chi connectivity index (χ3v) is 6.64. The standard InChI is InChI=1S/C23H23ClN4OS/c24-21-11-10-20(30-21)19-4-3-5-23-25-22(26-28(19)23)16-17-6-8-18(9-7-17)29-15-14-27-12-1-2-13-27/h3-11H,1-2,12-16H2. The zero-order chi connectivity index (χ0) is 20.3. The number of ether oxygens (including phenoxy) is 1. The van der Waals surface area contributed by atoms with Crippen LogP contribution in [-0.2, 0) is 6.42 Å². The highest BCUT2D eigenvalue weighted by Gasteiger charge is 2.12. The molecule has 3 aromatic heterocycles. The molecule has 1 fully saturated rings. The van der Waals surface area contributed by atoms with Gasteiger partial charge in [0.15, 0.2) is 11.5 Å². The quantitative estimate of drug-likeness (QED) is 0.399. The molecule has 5 rings (SSSR count). The number of aromatic nitrogens is 3. The topological polar surface area (TPSA) is 42.7 Å². The zero-order valence-electron chi connectivity index (χ0n) is 16.6. The predicted molar refractivity (Wildman–Crippen MR) is 122 cm³/mol. The Kier molecular flexibility index (Phi) is 5.71. The summed E-state index contributed by atoms with van der Waals surface area (Å²) in [6.45, 7) is 4.15. The van der Waals surface area contributed by atoms with Gasteiger partial charge in [0, 0.05) is 13.0 Å². The van der Waals surface area contributed by atoms with Crippen LogP contribution in [0.15, 0.2) is 54.6 Å². The van der Waals surface area contributed by atoms with Crippen molar-refractivity contribution in [3.05, 3.63) is 70.3 Å². The van der Waals surface area contributed by atoms with Gasteiger partial charge >= 0.3 is 0 Å². The predicted octanol–water partition coefficient (Wildman–Crippen LogP) is 5.18. The van der Waals surface area contributed by atoms with E-state index in [1.807, 2.05) is 47.0 Å². The van der Waals surface area contributed by atoms with Crippen LogP contribution in [0, 0.1) is 0 Å². The number of hydrogen-bond donors (Lipinski definition) is 0. The van der Waals surface area contributed by atoms with Crippen molar-refractivity contribution in [2.24, 2.45) is 0 Å². The Balaban J connectivity index is 1.26. The smallest absolute Gasteiger partial charge is 0.156 e. The lowest BCUT2D eigenvalue weighted by Gasteiger charge is -2.14. The highest BCUT2D eigenvalue weighted by atomic mass is 35.5. The molecule has 0 amide bonds. The van der Waals surface area contributed by atoms with Gasteiger partial charge in [-0.2, -0.15) is 5.10 Å². The fraction of sp³-hybridized carbons (Fsp3) is 0.304. The summed E-state index contributed by atoms with van der Waals surface area (Å²) in [7, 11) is 0. The molecular formula is C23H23ClN4OS. The van der Waals surface area contributed by atoms with Gasteiger partial charge in [0.25, 0.3) is 0 Å². The van der Waals surface area contributed by atoms with Crippen LogP contribution in [0.3, 0.4) is 0 Å². The summed E-state index contributed by atoms with van der Waals surface area (Å²) < 4.78 is 8.57. The molecule has 1 aliphatic rings. The Labute approximate surface area is 184 Å². The Morgan fingerprint density at radius 2 is 1.83 bits per heavy atom. The van der Waals surface area contributed by atoms with Crippen LogP contribution >= 0.6 is 22.9 Å². The molecule has 1 aliphatic heterocycles. The van der Waals surface area contributed by atoms with Gasteiger partial charge < -0.3 is 4.74 Å². The molecule has 0 spiro atoms. The first-order valence-corrected chi connectivity index (χ1v) is 11.5. The SMILES string of the molecule is Clc1ccc(-c2cccc3nc(Cc4ccc(OCCN5CCCC5)cc4)nn23)s1. The maximum absolute atomic E-state index is 6.11. The summed E-state index contributed by atoms with van der Waals surface area (Å²) in [6.07, 6.45) is 3.31. The number of rotatable bonds is 7. The Bertz CT molecular complexity index is 1130. The van der Waals surface area contributed by atoms with Crippen molar-refractivity contribution in [2.75, 3.05) is 26.2 Å². The summed E-state index contributed by atoms with van der Waals surface area (Å²) in [5, 5.41) is 4.74. The molecule has 7 heteroatoms. The molecule has 0 unspecified atom stereocenters. The van der Waals surface area contributed by atoms with Gasteiger partial charge in [-0.3, -0.25) is 4.90 Å². The average molecular weight is 439 g/mol. The summed E-state index contributed by atoms with van der Waals surface area (Å²) >= 11 is 7.66. The largest absolute Gasteiger partial charge is 0.492 e. The lowest BCUT2D eigenvalue weighted by molar-refractivity contribution is 0.238. The second kappa shape index (κ2) is 8.76. The van der Waals surface area contributed by atoms with E-state index in [2.05, 4.69) is 17.0 Å². The highest BCUT2D eigenvalue weighted by molar-refractivity contribution is 7.19. The molecule has 0 saturated carbocycles. The zero-order valence-corrected chi connectivity index (χ0v) is 18.2. The second-order valence-electron chi connectivity index (χ2n) is 7.53. The second-order valence-corrected chi connectivity index (χ2v) is 9.25. The van der Waals surface area contributed by atoms with E-state index in [4.69, 9.17) is 26.4 Å². The maximum Gasteiger partial charge on any atom is 0.156 e. The molecule has 1 aromatic carbocycles. The number of benzene rings is 1. The minimum Gasteiger partial charge on any atom is -0.492 e. The van der Waals surface area contributed by atoms with Crippen LogP contribution < -0.4 is 4.74 Å². The van der Waals surface area contributed by atoms with Crippen molar-refractivity contribution in [3.63, 3.8) is 0 Å². The van der Waals surface area contributed by atoms with Crippen molar-refractivity contribution < 1.29 is 4.74 Å². The molecule has 0 bridgehead atoms. The van der Waals surface area contributed by atoms with Crippen LogP contribution in [0.4, 0.5) is 0 Å². The van der Waals surface area contributed by atoms with Crippen molar-refractivity contribution in [2.45, 2.75) is 19.3 Å². The summed E-state index contributed by atoms with van der Waals surface area (Å²) in [4.78, 5) is 8.24. The molecular weight excluding hydrogens is 416 g/mol. The number of thiophene rings is 1. The molecule has 0 atom stereocenters. The van der Waals surface area contributed by atoms with E-state index < -0.39 is 0 Å². The van der Waals surface area contributed by atoms with Gasteiger partial charge in [0.05, 0.1) is 14.9 Å². The monoisotopic (exact) mass is 438 g/mol. The highest BCUT2D eigenvalue weighted by Crippen LogP contribution is 2.31. The summed E-state index contributed by atoms with van der Waals surface area (Å²) in [5.41, 5.74) is 3.01. The van der Waals surface area contributed by atoms with Crippen LogP contribution in [0.2, 0.25) is 4.34 Å². The van der Waals surface area contributed by atoms with E-state index in [1.54, 1.807) is 11.3 Å². The van der Waals surface area contributed by atoms with Gasteiger partial charge in [-0.15, -0.1) is 11.3 Å². The van der Waals surface area contributed by atoms with Crippen molar-refractivity contribution in [1.29, 1.82) is 0 Å². The van der Waals surface area contributed by atoms with Gasteiger partial charge in [-0.25, -0.2) is 9.50 Å². The van der Waals surface area contributed by atoms with Crippen LogP contribution in [0.1, 0.15) is 24.2 Å². The van der Waals surface area contributed by atoms with E-state index in [0.29, 0.717) is 6.42 Å². The lowest BCUT2D eigenvalue weighted by Crippen LogP contribution is -2.25. The first kappa shape index (κ1) is 19.5. The third-order valence-electron chi connectivity index (χ3n) is 5.39. The van der Waals surface area contributed by atoms with E-state index >= 15 is 0 Å². The molecule has 4 aromatic rings. The molecule has 0 radical (unpaired) electrons. The molecule has 0 N–H and O–H groups in total.